The van der Waals surface area contributed by atoms with E-state index in [0.29, 0.717) is 11.7 Å². The van der Waals surface area contributed by atoms with E-state index in [0.717, 1.165) is 27.9 Å². The smallest absolute Gasteiger partial charge is 0.300 e. The van der Waals surface area contributed by atoms with Crippen LogP contribution >= 0.6 is 0 Å². The first-order valence-electron chi connectivity index (χ1n) is 6.11. The van der Waals surface area contributed by atoms with Gasteiger partial charge in [0.15, 0.2) is 0 Å². The molecular formula is C15H15N3O. The van der Waals surface area contributed by atoms with Gasteiger partial charge < -0.3 is 15.5 Å². The molecule has 19 heavy (non-hydrogen) atoms. The lowest BCUT2D eigenvalue weighted by Gasteiger charge is -2.04. The summed E-state index contributed by atoms with van der Waals surface area (Å²) in [4.78, 5) is 7.49. The summed E-state index contributed by atoms with van der Waals surface area (Å²) < 4.78 is 5.76. The molecule has 0 radical (unpaired) electrons. The van der Waals surface area contributed by atoms with E-state index in [-0.39, 0.29) is 0 Å². The van der Waals surface area contributed by atoms with Gasteiger partial charge in [-0.3, -0.25) is 0 Å². The highest BCUT2D eigenvalue weighted by molar-refractivity contribution is 5.79. The molecule has 0 bridgehead atoms. The molecule has 4 nitrogen and oxygen atoms in total. The third-order valence-electron chi connectivity index (χ3n) is 2.89. The van der Waals surface area contributed by atoms with Gasteiger partial charge in [-0.1, -0.05) is 6.07 Å². The summed E-state index contributed by atoms with van der Waals surface area (Å²) in [7, 11) is 0. The molecule has 0 aliphatic carbocycles. The summed E-state index contributed by atoms with van der Waals surface area (Å²) in [6.45, 7) is 4.08. The van der Waals surface area contributed by atoms with Crippen LogP contribution in [0, 0.1) is 13.8 Å². The Labute approximate surface area is 111 Å². The Hall–Kier alpha value is -2.49. The Morgan fingerprint density at radius 3 is 2.53 bits per heavy atom. The molecule has 2 aromatic carbocycles. The third kappa shape index (κ3) is 2.38. The van der Waals surface area contributed by atoms with Crippen molar-refractivity contribution in [1.29, 1.82) is 0 Å². The number of hydrogen-bond acceptors (Lipinski definition) is 3. The van der Waals surface area contributed by atoms with Crippen molar-refractivity contribution >= 4 is 16.7 Å². The molecule has 0 aliphatic rings. The van der Waals surface area contributed by atoms with Gasteiger partial charge in [-0.25, -0.2) is 0 Å². The molecule has 0 spiro atoms. The number of H-pyrrole nitrogens is 1. The van der Waals surface area contributed by atoms with Gasteiger partial charge in [-0.15, -0.1) is 0 Å². The second-order valence-electron chi connectivity index (χ2n) is 4.74. The fourth-order valence-corrected chi connectivity index (χ4v) is 2.16. The molecule has 1 heterocycles. The number of rotatable bonds is 2. The summed E-state index contributed by atoms with van der Waals surface area (Å²) in [6.07, 6.45) is 0. The maximum atomic E-state index is 5.76. The highest BCUT2D eigenvalue weighted by Crippen LogP contribution is 2.24. The Morgan fingerprint density at radius 2 is 1.79 bits per heavy atom. The standard InChI is InChI=1S/C15H15N3O/c1-9-5-10(2)7-12(6-9)19-15-17-13-4-3-11(16)8-14(13)18-15/h3-8H,16H2,1-2H3,(H,17,18). The van der Waals surface area contributed by atoms with E-state index in [9.17, 15) is 0 Å². The van der Waals surface area contributed by atoms with E-state index in [1.807, 2.05) is 44.2 Å². The minimum atomic E-state index is 0.477. The molecule has 3 rings (SSSR count). The number of nitrogens with one attached hydrogen (secondary N) is 1. The topological polar surface area (TPSA) is 63.9 Å². The highest BCUT2D eigenvalue weighted by Gasteiger charge is 2.05. The molecular weight excluding hydrogens is 238 g/mol. The third-order valence-corrected chi connectivity index (χ3v) is 2.89. The van der Waals surface area contributed by atoms with Crippen molar-refractivity contribution < 1.29 is 4.74 Å². The van der Waals surface area contributed by atoms with Gasteiger partial charge >= 0.3 is 0 Å². The average Bonchev–Trinajstić information content (AvgIpc) is 2.68. The minimum Gasteiger partial charge on any atom is -0.426 e. The van der Waals surface area contributed by atoms with Gasteiger partial charge in [0.25, 0.3) is 6.01 Å². The van der Waals surface area contributed by atoms with E-state index in [1.165, 1.54) is 0 Å². The zero-order chi connectivity index (χ0) is 13.4. The van der Waals surface area contributed by atoms with Gasteiger partial charge in [-0.2, -0.15) is 4.98 Å². The number of nitrogens with two attached hydrogens (primary N) is 1. The molecule has 3 aromatic rings. The fourth-order valence-electron chi connectivity index (χ4n) is 2.16. The summed E-state index contributed by atoms with van der Waals surface area (Å²) >= 11 is 0. The molecule has 0 aliphatic heterocycles. The monoisotopic (exact) mass is 253 g/mol. The SMILES string of the molecule is Cc1cc(C)cc(Oc2nc3ccc(N)cc3[nH]2)c1. The van der Waals surface area contributed by atoms with Crippen molar-refractivity contribution in [1.82, 2.24) is 9.97 Å². The number of anilines is 1. The lowest BCUT2D eigenvalue weighted by molar-refractivity contribution is 0.448. The predicted octanol–water partition coefficient (Wildman–Crippen LogP) is 3.55. The van der Waals surface area contributed by atoms with Crippen molar-refractivity contribution in [3.8, 4) is 11.8 Å². The van der Waals surface area contributed by atoms with E-state index in [4.69, 9.17) is 10.5 Å². The molecule has 96 valence electrons. The largest absolute Gasteiger partial charge is 0.426 e. The molecule has 0 amide bonds. The Kier molecular flexibility index (Phi) is 2.63. The number of aromatic nitrogens is 2. The predicted molar refractivity (Wildman–Crippen MR) is 76.5 cm³/mol. The lowest BCUT2D eigenvalue weighted by Crippen LogP contribution is -1.88. The van der Waals surface area contributed by atoms with E-state index < -0.39 is 0 Å². The Balaban J connectivity index is 1.96. The molecule has 3 N–H and O–H groups in total. The summed E-state index contributed by atoms with van der Waals surface area (Å²) in [6, 6.07) is 12.1. The average molecular weight is 253 g/mol. The first-order valence-corrected chi connectivity index (χ1v) is 6.11. The van der Waals surface area contributed by atoms with Gasteiger partial charge in [0.1, 0.15) is 5.75 Å². The normalized spacial score (nSPS) is 10.8. The van der Waals surface area contributed by atoms with E-state index in [2.05, 4.69) is 16.0 Å². The number of nitrogen functional groups attached to an aromatic ring is 1. The Morgan fingerprint density at radius 1 is 1.05 bits per heavy atom. The number of hydrogen-bond donors (Lipinski definition) is 2. The second kappa shape index (κ2) is 4.31. The number of imidazole rings is 1. The van der Waals surface area contributed by atoms with Crippen LogP contribution in [0.25, 0.3) is 11.0 Å². The zero-order valence-electron chi connectivity index (χ0n) is 10.9. The first-order chi connectivity index (χ1) is 9.10. The van der Waals surface area contributed by atoms with Crippen LogP contribution in [0.2, 0.25) is 0 Å². The second-order valence-corrected chi connectivity index (χ2v) is 4.74. The molecule has 0 atom stereocenters. The van der Waals surface area contributed by atoms with Crippen molar-refractivity contribution in [3.05, 3.63) is 47.5 Å². The molecule has 1 aromatic heterocycles. The maximum Gasteiger partial charge on any atom is 0.300 e. The van der Waals surface area contributed by atoms with Crippen LogP contribution in [0.4, 0.5) is 5.69 Å². The van der Waals surface area contributed by atoms with E-state index in [1.54, 1.807) is 0 Å². The number of ether oxygens (including phenoxy) is 1. The first kappa shape index (κ1) is 11.6. The van der Waals surface area contributed by atoms with Crippen molar-refractivity contribution in [2.45, 2.75) is 13.8 Å². The number of aryl methyl sites for hydroxylation is 2. The molecule has 0 saturated carbocycles. The van der Waals surface area contributed by atoms with Gasteiger partial charge in [0.2, 0.25) is 0 Å². The van der Waals surface area contributed by atoms with Crippen LogP contribution in [0.15, 0.2) is 36.4 Å². The summed E-state index contributed by atoms with van der Waals surface area (Å²) in [5, 5.41) is 0. The number of aromatic amines is 1. The van der Waals surface area contributed by atoms with Crippen LogP contribution in [0.3, 0.4) is 0 Å². The highest BCUT2D eigenvalue weighted by atomic mass is 16.5. The van der Waals surface area contributed by atoms with Crippen molar-refractivity contribution in [2.75, 3.05) is 5.73 Å². The van der Waals surface area contributed by atoms with Crippen molar-refractivity contribution in [2.24, 2.45) is 0 Å². The van der Waals surface area contributed by atoms with Crippen LogP contribution < -0.4 is 10.5 Å². The fraction of sp³-hybridized carbons (Fsp3) is 0.133. The number of fused-ring (bicyclic) bond motifs is 1. The van der Waals surface area contributed by atoms with E-state index >= 15 is 0 Å². The molecule has 0 fully saturated rings. The van der Waals surface area contributed by atoms with Crippen molar-refractivity contribution in [3.63, 3.8) is 0 Å². The summed E-state index contributed by atoms with van der Waals surface area (Å²) in [5.74, 6) is 0.782. The summed E-state index contributed by atoms with van der Waals surface area (Å²) in [5.41, 5.74) is 10.5. The zero-order valence-corrected chi connectivity index (χ0v) is 10.9. The van der Waals surface area contributed by atoms with Gasteiger partial charge in [0, 0.05) is 5.69 Å². The molecule has 4 heteroatoms. The quantitative estimate of drug-likeness (QED) is 0.686. The Bertz CT molecular complexity index is 726. The van der Waals surface area contributed by atoms with Crippen LogP contribution in [-0.4, -0.2) is 9.97 Å². The molecule has 0 saturated heterocycles. The molecule has 0 unspecified atom stereocenters. The van der Waals surface area contributed by atoms with Crippen LogP contribution in [0.5, 0.6) is 11.8 Å². The van der Waals surface area contributed by atoms with Crippen LogP contribution in [0.1, 0.15) is 11.1 Å². The maximum absolute atomic E-state index is 5.76. The van der Waals surface area contributed by atoms with Crippen LogP contribution in [-0.2, 0) is 0 Å². The minimum absolute atomic E-state index is 0.477. The van der Waals surface area contributed by atoms with Gasteiger partial charge in [0.05, 0.1) is 11.0 Å². The number of nitrogens with zero attached hydrogens (tertiary/aromatic N) is 1. The lowest BCUT2D eigenvalue weighted by atomic mass is 10.1. The number of benzene rings is 2. The van der Waals surface area contributed by atoms with Gasteiger partial charge in [-0.05, 0) is 55.3 Å².